The molecule has 0 N–H and O–H groups in total. The van der Waals surface area contributed by atoms with Gasteiger partial charge in [-0.3, -0.25) is 9.78 Å². The van der Waals surface area contributed by atoms with Gasteiger partial charge in [0, 0.05) is 31.9 Å². The number of benzene rings is 1. The first-order chi connectivity index (χ1) is 20.8. The first-order valence-electron chi connectivity index (χ1n) is 13.7. The molecule has 1 amide bonds. The van der Waals surface area contributed by atoms with Crippen molar-refractivity contribution in [1.29, 1.82) is 0 Å². The number of amides is 1. The average molecular weight is 643 g/mol. The van der Waals surface area contributed by atoms with Gasteiger partial charge in [0.15, 0.2) is 21.3 Å². The number of rotatable bonds is 6. The van der Waals surface area contributed by atoms with Gasteiger partial charge < -0.3 is 9.80 Å². The molecule has 0 aliphatic carbocycles. The van der Waals surface area contributed by atoms with Crippen molar-refractivity contribution in [2.45, 2.75) is 43.9 Å². The van der Waals surface area contributed by atoms with Crippen molar-refractivity contribution in [2.75, 3.05) is 24.5 Å². The second-order valence-electron chi connectivity index (χ2n) is 10.7. The Kier molecular flexibility index (Phi) is 8.29. The molecule has 1 saturated heterocycles. The summed E-state index contributed by atoms with van der Waals surface area (Å²) >= 11 is 6.28. The van der Waals surface area contributed by atoms with E-state index >= 15 is 8.78 Å². The number of sulfone groups is 1. The molecule has 4 heterocycles. The van der Waals surface area contributed by atoms with Gasteiger partial charge in [0.1, 0.15) is 17.3 Å². The highest BCUT2D eigenvalue weighted by Crippen LogP contribution is 2.36. The second kappa shape index (κ2) is 11.7. The third-order valence-corrected chi connectivity index (χ3v) is 10.1. The number of piperazine rings is 1. The highest BCUT2D eigenvalue weighted by atomic mass is 35.5. The van der Waals surface area contributed by atoms with Crippen LogP contribution in [-0.2, 0) is 14.6 Å². The number of carbonyl (C=O) groups excluding carboxylic acids is 1. The predicted molar refractivity (Wildman–Crippen MR) is 164 cm³/mol. The summed E-state index contributed by atoms with van der Waals surface area (Å²) in [5.41, 5.74) is -1.82. The molecule has 3 aromatic heterocycles. The zero-order valence-corrected chi connectivity index (χ0v) is 26.0. The van der Waals surface area contributed by atoms with Crippen molar-refractivity contribution < 1.29 is 22.0 Å². The quantitative estimate of drug-likeness (QED) is 0.283. The van der Waals surface area contributed by atoms with E-state index < -0.39 is 38.1 Å². The molecule has 44 heavy (non-hydrogen) atoms. The molecular weight excluding hydrogens is 614 g/mol. The van der Waals surface area contributed by atoms with Gasteiger partial charge in [0.25, 0.3) is 0 Å². The zero-order chi connectivity index (χ0) is 32.1. The van der Waals surface area contributed by atoms with E-state index in [-0.39, 0.29) is 75.3 Å². The van der Waals surface area contributed by atoms with Crippen molar-refractivity contribution >= 4 is 44.2 Å². The smallest absolute Gasteiger partial charge is 0.350 e. The van der Waals surface area contributed by atoms with Crippen molar-refractivity contribution in [1.82, 2.24) is 24.4 Å². The summed E-state index contributed by atoms with van der Waals surface area (Å²) < 4.78 is 58.9. The van der Waals surface area contributed by atoms with E-state index in [1.54, 1.807) is 9.80 Å². The van der Waals surface area contributed by atoms with Gasteiger partial charge in [-0.2, -0.15) is 4.98 Å². The standard InChI is InChI=1S/C30H29ClF2N6O4S/c1-6-24(40)37-12-13-38(17(4)15-37)28-19-14-22(33)26(25-20(31)8-7-9-21(25)32)35-29(19)39(30(41)36-28)27-18(5)34-11-10-23(27)44(42,43)16(2)3/h6-11,14,16-17H,1,12-13,15H2,2-5H3/t17-/m0/s1. The number of hydrogen-bond acceptors (Lipinski definition) is 8. The van der Waals surface area contributed by atoms with E-state index in [1.807, 2.05) is 6.92 Å². The summed E-state index contributed by atoms with van der Waals surface area (Å²) in [4.78, 5) is 42.4. The Labute approximate surface area is 257 Å². The fourth-order valence-electron chi connectivity index (χ4n) is 5.32. The lowest BCUT2D eigenvalue weighted by atomic mass is 10.1. The first-order valence-corrected chi connectivity index (χ1v) is 15.7. The fourth-order valence-corrected chi connectivity index (χ4v) is 6.84. The number of aromatic nitrogens is 4. The SMILES string of the molecule is C=CC(=O)N1CCN(c2nc(=O)n(-c3c(S(=O)(=O)C(C)C)ccnc3C)c3nc(-c4c(F)cccc4Cl)c(F)cc23)[C@@H](C)C1. The van der Waals surface area contributed by atoms with Crippen LogP contribution >= 0.6 is 11.6 Å². The Morgan fingerprint density at radius 3 is 2.52 bits per heavy atom. The molecule has 1 atom stereocenters. The Bertz CT molecular complexity index is 1980. The summed E-state index contributed by atoms with van der Waals surface area (Å²) in [6, 6.07) is 5.83. The molecule has 230 valence electrons. The van der Waals surface area contributed by atoms with Gasteiger partial charge in [-0.25, -0.2) is 31.5 Å². The summed E-state index contributed by atoms with van der Waals surface area (Å²) in [5, 5.41) is -0.910. The van der Waals surface area contributed by atoms with Gasteiger partial charge in [-0.05, 0) is 58.0 Å². The molecule has 0 spiro atoms. The minimum absolute atomic E-state index is 0.0600. The van der Waals surface area contributed by atoms with Crippen LogP contribution in [0.2, 0.25) is 5.02 Å². The zero-order valence-electron chi connectivity index (χ0n) is 24.4. The van der Waals surface area contributed by atoms with E-state index in [2.05, 4.69) is 21.5 Å². The molecule has 0 unspecified atom stereocenters. The van der Waals surface area contributed by atoms with Crippen LogP contribution in [0.3, 0.4) is 0 Å². The van der Waals surface area contributed by atoms with E-state index in [9.17, 15) is 18.0 Å². The molecule has 4 aromatic rings. The lowest BCUT2D eigenvalue weighted by Gasteiger charge is -2.40. The number of hydrogen-bond donors (Lipinski definition) is 0. The highest BCUT2D eigenvalue weighted by molar-refractivity contribution is 7.92. The summed E-state index contributed by atoms with van der Waals surface area (Å²) in [6.07, 6.45) is 2.53. The molecule has 1 aliphatic rings. The maximum Gasteiger partial charge on any atom is 0.355 e. The molecular formula is C30H29ClF2N6O4S. The van der Waals surface area contributed by atoms with Crippen molar-refractivity contribution in [3.05, 3.63) is 82.0 Å². The summed E-state index contributed by atoms with van der Waals surface area (Å²) in [7, 11) is -3.97. The number of pyridine rings is 2. The molecule has 0 saturated carbocycles. The Morgan fingerprint density at radius 1 is 1.16 bits per heavy atom. The van der Waals surface area contributed by atoms with Gasteiger partial charge >= 0.3 is 5.69 Å². The largest absolute Gasteiger partial charge is 0.355 e. The molecule has 1 fully saturated rings. The lowest BCUT2D eigenvalue weighted by Crippen LogP contribution is -2.54. The van der Waals surface area contributed by atoms with Gasteiger partial charge in [0.05, 0.1) is 37.5 Å². The van der Waals surface area contributed by atoms with Gasteiger partial charge in [0.2, 0.25) is 5.91 Å². The molecule has 14 heteroatoms. The number of carbonyl (C=O) groups is 1. The molecule has 0 radical (unpaired) electrons. The van der Waals surface area contributed by atoms with E-state index in [4.69, 9.17) is 11.6 Å². The van der Waals surface area contributed by atoms with Crippen molar-refractivity contribution in [3.63, 3.8) is 0 Å². The van der Waals surface area contributed by atoms with Crippen LogP contribution < -0.4 is 10.6 Å². The van der Waals surface area contributed by atoms with Crippen LogP contribution in [0.5, 0.6) is 0 Å². The number of nitrogens with zero attached hydrogens (tertiary/aromatic N) is 6. The Hall–Kier alpha value is -4.23. The van der Waals surface area contributed by atoms with Crippen molar-refractivity contribution in [3.8, 4) is 16.9 Å². The number of halogens is 3. The molecule has 5 rings (SSSR count). The summed E-state index contributed by atoms with van der Waals surface area (Å²) in [5.74, 6) is -1.96. The van der Waals surface area contributed by atoms with Crippen LogP contribution in [0, 0.1) is 18.6 Å². The predicted octanol–water partition coefficient (Wildman–Crippen LogP) is 4.49. The lowest BCUT2D eigenvalue weighted by molar-refractivity contribution is -0.126. The third-order valence-electron chi connectivity index (χ3n) is 7.61. The van der Waals surface area contributed by atoms with Crippen LogP contribution in [0.15, 0.2) is 58.9 Å². The highest BCUT2D eigenvalue weighted by Gasteiger charge is 2.32. The second-order valence-corrected chi connectivity index (χ2v) is 13.6. The minimum Gasteiger partial charge on any atom is -0.350 e. The van der Waals surface area contributed by atoms with Gasteiger partial charge in [-0.1, -0.05) is 24.2 Å². The Morgan fingerprint density at radius 2 is 1.89 bits per heavy atom. The topological polar surface area (TPSA) is 118 Å². The average Bonchev–Trinajstić information content (AvgIpc) is 2.97. The van der Waals surface area contributed by atoms with Gasteiger partial charge in [-0.15, -0.1) is 0 Å². The van der Waals surface area contributed by atoms with Crippen LogP contribution in [0.1, 0.15) is 26.5 Å². The van der Waals surface area contributed by atoms with E-state index in [1.165, 1.54) is 51.2 Å². The number of anilines is 1. The molecule has 1 aromatic carbocycles. The molecule has 0 bridgehead atoms. The summed E-state index contributed by atoms with van der Waals surface area (Å²) in [6.45, 7) is 10.7. The minimum atomic E-state index is -3.97. The van der Waals surface area contributed by atoms with E-state index in [0.29, 0.717) is 0 Å². The first kappa shape index (κ1) is 31.2. The van der Waals surface area contributed by atoms with E-state index in [0.717, 1.165) is 16.7 Å². The normalized spacial score (nSPS) is 15.7. The Balaban J connectivity index is 1.87. The maximum atomic E-state index is 15.9. The van der Waals surface area contributed by atoms with Crippen LogP contribution in [0.25, 0.3) is 28.0 Å². The van der Waals surface area contributed by atoms with Crippen LogP contribution in [-0.4, -0.2) is 69.7 Å². The maximum absolute atomic E-state index is 15.9. The monoisotopic (exact) mass is 642 g/mol. The number of aryl methyl sites for hydroxylation is 1. The molecule has 1 aliphatic heterocycles. The van der Waals surface area contributed by atoms with Crippen LogP contribution in [0.4, 0.5) is 14.6 Å². The number of fused-ring (bicyclic) bond motifs is 1. The fraction of sp³-hybridized carbons (Fsp3) is 0.300. The van der Waals surface area contributed by atoms with Crippen molar-refractivity contribution in [2.24, 2.45) is 0 Å². The molecule has 10 nitrogen and oxygen atoms in total. The third kappa shape index (κ3) is 5.23.